The highest BCUT2D eigenvalue weighted by atomic mass is 16.5. The summed E-state index contributed by atoms with van der Waals surface area (Å²) in [4.78, 5) is 0. The maximum Gasteiger partial charge on any atom is 0.126 e. The number of ether oxygens (including phenoxy) is 1. The molecule has 3 rings (SSSR count). The summed E-state index contributed by atoms with van der Waals surface area (Å²) in [5.41, 5.74) is 8.65. The Morgan fingerprint density at radius 1 is 0.760 bits per heavy atom. The number of hydrogen-bond donors (Lipinski definition) is 0. The van der Waals surface area contributed by atoms with Crippen LogP contribution in [0.15, 0.2) is 30.3 Å². The van der Waals surface area contributed by atoms with E-state index < -0.39 is 0 Å². The van der Waals surface area contributed by atoms with E-state index in [-0.39, 0.29) is 10.8 Å². The summed E-state index contributed by atoms with van der Waals surface area (Å²) in [6, 6.07) is 11.6. The van der Waals surface area contributed by atoms with Crippen molar-refractivity contribution in [3.05, 3.63) is 52.6 Å². The Labute approximate surface area is 153 Å². The normalized spacial score (nSPS) is 14.5. The molecule has 1 aliphatic carbocycles. The highest BCUT2D eigenvalue weighted by Gasteiger charge is 2.25. The molecule has 0 spiro atoms. The van der Waals surface area contributed by atoms with Crippen molar-refractivity contribution in [2.45, 2.75) is 71.6 Å². The number of hydrogen-bond acceptors (Lipinski definition) is 1. The summed E-state index contributed by atoms with van der Waals surface area (Å²) in [5, 5.41) is 0. The first-order valence-corrected chi connectivity index (χ1v) is 9.46. The van der Waals surface area contributed by atoms with Crippen LogP contribution >= 0.6 is 0 Å². The molecular formula is C24H32O. The topological polar surface area (TPSA) is 9.23 Å². The van der Waals surface area contributed by atoms with E-state index in [1.54, 1.807) is 12.7 Å². The Bertz CT molecular complexity index is 785. The first-order valence-electron chi connectivity index (χ1n) is 9.46. The lowest BCUT2D eigenvalue weighted by molar-refractivity contribution is 0.415. The molecule has 0 bridgehead atoms. The third-order valence-electron chi connectivity index (χ3n) is 5.40. The minimum Gasteiger partial charge on any atom is -0.496 e. The molecule has 25 heavy (non-hydrogen) atoms. The first-order chi connectivity index (χ1) is 11.6. The SMILES string of the molecule is COc1ccc(C(C)(C)C)cc1-c1cc2c(cc1C(C)(C)C)CCC2. The summed E-state index contributed by atoms with van der Waals surface area (Å²) >= 11 is 0. The second-order valence-corrected chi connectivity index (χ2v) is 9.44. The van der Waals surface area contributed by atoms with Gasteiger partial charge in [0.2, 0.25) is 0 Å². The zero-order valence-electron chi connectivity index (χ0n) is 16.9. The predicted octanol–water partition coefficient (Wildman–Crippen LogP) is 6.45. The Hall–Kier alpha value is -1.76. The van der Waals surface area contributed by atoms with Crippen LogP contribution in [-0.2, 0) is 23.7 Å². The van der Waals surface area contributed by atoms with Gasteiger partial charge in [0.15, 0.2) is 0 Å². The smallest absolute Gasteiger partial charge is 0.126 e. The van der Waals surface area contributed by atoms with Gasteiger partial charge < -0.3 is 4.74 Å². The minimum absolute atomic E-state index is 0.107. The molecule has 2 aromatic rings. The largest absolute Gasteiger partial charge is 0.496 e. The molecule has 0 unspecified atom stereocenters. The van der Waals surface area contributed by atoms with E-state index in [4.69, 9.17) is 4.74 Å². The molecule has 0 saturated heterocycles. The van der Waals surface area contributed by atoms with Gasteiger partial charge in [-0.25, -0.2) is 0 Å². The van der Waals surface area contributed by atoms with Crippen molar-refractivity contribution < 1.29 is 4.74 Å². The van der Waals surface area contributed by atoms with Gasteiger partial charge in [-0.05, 0) is 70.0 Å². The molecule has 0 saturated carbocycles. The highest BCUT2D eigenvalue weighted by molar-refractivity contribution is 5.77. The van der Waals surface area contributed by atoms with E-state index in [0.717, 1.165) is 5.75 Å². The first kappa shape index (κ1) is 18.0. The molecule has 0 heterocycles. The van der Waals surface area contributed by atoms with Gasteiger partial charge in [0.25, 0.3) is 0 Å². The van der Waals surface area contributed by atoms with E-state index in [0.29, 0.717) is 0 Å². The molecule has 0 aliphatic heterocycles. The summed E-state index contributed by atoms with van der Waals surface area (Å²) in [6.45, 7) is 13.7. The molecular weight excluding hydrogens is 304 g/mol. The van der Waals surface area contributed by atoms with Crippen molar-refractivity contribution in [1.82, 2.24) is 0 Å². The molecule has 0 amide bonds. The van der Waals surface area contributed by atoms with E-state index in [1.165, 1.54) is 47.1 Å². The number of benzene rings is 2. The van der Waals surface area contributed by atoms with Gasteiger partial charge in [0.05, 0.1) is 7.11 Å². The van der Waals surface area contributed by atoms with E-state index in [1.807, 2.05) is 0 Å². The van der Waals surface area contributed by atoms with Gasteiger partial charge >= 0.3 is 0 Å². The molecule has 134 valence electrons. The number of fused-ring (bicyclic) bond motifs is 1. The Morgan fingerprint density at radius 3 is 1.96 bits per heavy atom. The van der Waals surface area contributed by atoms with Crippen LogP contribution in [-0.4, -0.2) is 7.11 Å². The zero-order valence-corrected chi connectivity index (χ0v) is 16.9. The summed E-state index contributed by atoms with van der Waals surface area (Å²) in [7, 11) is 1.78. The minimum atomic E-state index is 0.107. The van der Waals surface area contributed by atoms with Crippen molar-refractivity contribution in [2.24, 2.45) is 0 Å². The Balaban J connectivity index is 2.28. The fourth-order valence-corrected chi connectivity index (χ4v) is 3.85. The molecule has 0 N–H and O–H groups in total. The van der Waals surface area contributed by atoms with Crippen LogP contribution in [0, 0.1) is 0 Å². The van der Waals surface area contributed by atoms with Crippen LogP contribution in [0.4, 0.5) is 0 Å². The van der Waals surface area contributed by atoms with Crippen molar-refractivity contribution >= 4 is 0 Å². The van der Waals surface area contributed by atoms with Gasteiger partial charge in [-0.3, -0.25) is 0 Å². The second-order valence-electron chi connectivity index (χ2n) is 9.44. The lowest BCUT2D eigenvalue weighted by atomic mass is 9.78. The average Bonchev–Trinajstić information content (AvgIpc) is 2.98. The Kier molecular flexibility index (Phi) is 4.47. The predicted molar refractivity (Wildman–Crippen MR) is 108 cm³/mol. The van der Waals surface area contributed by atoms with Crippen LogP contribution in [0.25, 0.3) is 11.1 Å². The third-order valence-corrected chi connectivity index (χ3v) is 5.40. The van der Waals surface area contributed by atoms with Gasteiger partial charge in [0.1, 0.15) is 5.75 Å². The maximum absolute atomic E-state index is 5.75. The van der Waals surface area contributed by atoms with Crippen LogP contribution in [0.3, 0.4) is 0 Å². The molecule has 0 aromatic heterocycles. The van der Waals surface area contributed by atoms with Crippen LogP contribution in [0.2, 0.25) is 0 Å². The lowest BCUT2D eigenvalue weighted by Crippen LogP contribution is -2.15. The lowest BCUT2D eigenvalue weighted by Gasteiger charge is -2.27. The third kappa shape index (κ3) is 3.47. The standard InChI is InChI=1S/C24H32O/c1-23(2,3)18-11-12-22(25-7)20(15-18)19-13-16-9-8-10-17(16)14-21(19)24(4,5)6/h11-15H,8-10H2,1-7H3. The van der Waals surface area contributed by atoms with Crippen LogP contribution < -0.4 is 4.74 Å². The second kappa shape index (κ2) is 6.20. The van der Waals surface area contributed by atoms with Gasteiger partial charge in [-0.15, -0.1) is 0 Å². The monoisotopic (exact) mass is 336 g/mol. The number of methoxy groups -OCH3 is 1. The van der Waals surface area contributed by atoms with Crippen LogP contribution in [0.1, 0.15) is 70.2 Å². The summed E-state index contributed by atoms with van der Waals surface area (Å²) in [5.74, 6) is 0.969. The van der Waals surface area contributed by atoms with Gasteiger partial charge in [0, 0.05) is 5.56 Å². The van der Waals surface area contributed by atoms with E-state index in [2.05, 4.69) is 71.9 Å². The maximum atomic E-state index is 5.75. The Morgan fingerprint density at radius 2 is 1.40 bits per heavy atom. The molecule has 0 radical (unpaired) electrons. The van der Waals surface area contributed by atoms with E-state index in [9.17, 15) is 0 Å². The zero-order chi connectivity index (χ0) is 18.4. The van der Waals surface area contributed by atoms with Crippen LogP contribution in [0.5, 0.6) is 5.75 Å². The summed E-state index contributed by atoms with van der Waals surface area (Å²) in [6.07, 6.45) is 3.70. The highest BCUT2D eigenvalue weighted by Crippen LogP contribution is 2.42. The summed E-state index contributed by atoms with van der Waals surface area (Å²) < 4.78 is 5.75. The molecule has 0 fully saturated rings. The fourth-order valence-electron chi connectivity index (χ4n) is 3.85. The molecule has 0 atom stereocenters. The quantitative estimate of drug-likeness (QED) is 0.612. The van der Waals surface area contributed by atoms with Crippen molar-refractivity contribution in [1.29, 1.82) is 0 Å². The fraction of sp³-hybridized carbons (Fsp3) is 0.500. The molecule has 1 heteroatoms. The number of aryl methyl sites for hydroxylation is 2. The van der Waals surface area contributed by atoms with E-state index >= 15 is 0 Å². The molecule has 1 aliphatic rings. The van der Waals surface area contributed by atoms with Gasteiger partial charge in [-0.1, -0.05) is 59.7 Å². The average molecular weight is 337 g/mol. The van der Waals surface area contributed by atoms with Crippen molar-refractivity contribution in [3.8, 4) is 16.9 Å². The number of rotatable bonds is 2. The van der Waals surface area contributed by atoms with Crippen molar-refractivity contribution in [3.63, 3.8) is 0 Å². The van der Waals surface area contributed by atoms with Gasteiger partial charge in [-0.2, -0.15) is 0 Å². The van der Waals surface area contributed by atoms with Crippen molar-refractivity contribution in [2.75, 3.05) is 7.11 Å². The molecule has 2 aromatic carbocycles. The molecule has 1 nitrogen and oxygen atoms in total.